The molecule has 0 aromatic heterocycles. The normalized spacial score (nSPS) is 12.5. The third kappa shape index (κ3) is 6.21. The topological polar surface area (TPSA) is 80.3 Å². The minimum atomic E-state index is -3.71. The van der Waals surface area contributed by atoms with Gasteiger partial charge < -0.3 is 0 Å². The summed E-state index contributed by atoms with van der Waals surface area (Å²) in [7, 11) is -1.72. The molecule has 0 aliphatic rings. The number of unbranched alkanes of at least 4 members (excludes halogenated alkanes) is 1. The van der Waals surface area contributed by atoms with Crippen LogP contribution >= 0.6 is 10.7 Å². The van der Waals surface area contributed by atoms with Gasteiger partial charge in [-0.2, -0.15) is 0 Å². The smallest absolute Gasteiger partial charge is 0.215 e. The Balaban J connectivity index is 2.51. The first-order chi connectivity index (χ1) is 9.24. The van der Waals surface area contributed by atoms with E-state index in [1.54, 1.807) is 12.1 Å². The molecule has 114 valence electrons. The molecule has 0 spiro atoms. The predicted octanol–water partition coefficient (Wildman–Crippen LogP) is 1.88. The summed E-state index contributed by atoms with van der Waals surface area (Å²) >= 11 is 0. The summed E-state index contributed by atoms with van der Waals surface area (Å²) in [6.45, 7) is 2.22. The van der Waals surface area contributed by atoms with Crippen molar-refractivity contribution >= 4 is 29.8 Å². The number of rotatable bonds is 8. The Morgan fingerprint density at radius 3 is 2.20 bits per heavy atom. The number of nitrogens with one attached hydrogen (secondary N) is 1. The molecule has 8 heteroatoms. The van der Waals surface area contributed by atoms with Crippen LogP contribution in [0.2, 0.25) is 0 Å². The third-order valence-corrected chi connectivity index (χ3v) is 5.55. The van der Waals surface area contributed by atoms with Gasteiger partial charge in [0.05, 0.1) is 10.6 Å². The van der Waals surface area contributed by atoms with Crippen LogP contribution < -0.4 is 4.72 Å². The van der Waals surface area contributed by atoms with E-state index in [2.05, 4.69) is 4.72 Å². The second-order valence-corrected chi connectivity index (χ2v) is 8.89. The summed E-state index contributed by atoms with van der Waals surface area (Å²) in [6, 6.07) is 6.05. The van der Waals surface area contributed by atoms with Gasteiger partial charge in [-0.25, -0.2) is 21.6 Å². The average Bonchev–Trinajstić information content (AvgIpc) is 2.36. The fourth-order valence-corrected chi connectivity index (χ4v) is 3.57. The van der Waals surface area contributed by atoms with Gasteiger partial charge in [0.1, 0.15) is 0 Å². The van der Waals surface area contributed by atoms with Crippen molar-refractivity contribution in [2.75, 3.05) is 12.3 Å². The maximum absolute atomic E-state index is 11.6. The summed E-state index contributed by atoms with van der Waals surface area (Å²) in [5, 5.41) is 0. The van der Waals surface area contributed by atoms with Crippen molar-refractivity contribution in [1.82, 2.24) is 4.72 Å². The first-order valence-corrected chi connectivity index (χ1v) is 10.2. The molecule has 0 fully saturated rings. The molecule has 1 N–H and O–H groups in total. The minimum absolute atomic E-state index is 0.0337. The fourth-order valence-electron chi connectivity index (χ4n) is 1.58. The molecule has 0 saturated heterocycles. The maximum atomic E-state index is 11.6. The van der Waals surface area contributed by atoms with Crippen molar-refractivity contribution in [2.45, 2.75) is 31.1 Å². The molecule has 0 atom stereocenters. The zero-order valence-corrected chi connectivity index (χ0v) is 13.6. The molecule has 0 aliphatic heterocycles. The molecule has 0 heterocycles. The van der Waals surface area contributed by atoms with Crippen LogP contribution in [0.15, 0.2) is 29.2 Å². The Hall–Kier alpha value is -0.630. The summed E-state index contributed by atoms with van der Waals surface area (Å²) in [5.41, 5.74) is 0.840. The van der Waals surface area contributed by atoms with Gasteiger partial charge in [-0.05, 0) is 30.5 Å². The molecule has 0 saturated carbocycles. The van der Waals surface area contributed by atoms with Crippen molar-refractivity contribution in [3.8, 4) is 0 Å². The van der Waals surface area contributed by atoms with Crippen molar-refractivity contribution < 1.29 is 16.8 Å². The maximum Gasteiger partial charge on any atom is 0.261 e. The lowest BCUT2D eigenvalue weighted by atomic mass is 10.2. The first-order valence-electron chi connectivity index (χ1n) is 6.25. The number of hydrogen-bond acceptors (Lipinski definition) is 4. The van der Waals surface area contributed by atoms with E-state index in [1.165, 1.54) is 12.1 Å². The van der Waals surface area contributed by atoms with Gasteiger partial charge in [0, 0.05) is 17.2 Å². The molecule has 0 radical (unpaired) electrons. The van der Waals surface area contributed by atoms with Crippen molar-refractivity contribution in [2.24, 2.45) is 0 Å². The Bertz CT molecular complexity index is 624. The van der Waals surface area contributed by atoms with Crippen LogP contribution in [-0.4, -0.2) is 29.1 Å². The van der Waals surface area contributed by atoms with Crippen LogP contribution in [0.25, 0.3) is 0 Å². The van der Waals surface area contributed by atoms with Crippen LogP contribution in [0.3, 0.4) is 0 Å². The Labute approximate surface area is 124 Å². The molecule has 0 amide bonds. The van der Waals surface area contributed by atoms with Gasteiger partial charge in [-0.3, -0.25) is 0 Å². The molecule has 0 bridgehead atoms. The first kappa shape index (κ1) is 17.4. The van der Waals surface area contributed by atoms with E-state index in [4.69, 9.17) is 10.7 Å². The number of hydrogen-bond donors (Lipinski definition) is 1. The average molecular weight is 340 g/mol. The highest BCUT2D eigenvalue weighted by Gasteiger charge is 2.10. The van der Waals surface area contributed by atoms with E-state index in [0.29, 0.717) is 19.4 Å². The zero-order valence-electron chi connectivity index (χ0n) is 11.2. The highest BCUT2D eigenvalue weighted by Crippen LogP contribution is 2.15. The van der Waals surface area contributed by atoms with Crippen LogP contribution in [0.5, 0.6) is 0 Å². The third-order valence-electron chi connectivity index (χ3n) is 2.71. The van der Waals surface area contributed by atoms with Gasteiger partial charge in [-0.15, -0.1) is 0 Å². The Morgan fingerprint density at radius 1 is 1.10 bits per heavy atom. The minimum Gasteiger partial charge on any atom is -0.215 e. The van der Waals surface area contributed by atoms with E-state index in [-0.39, 0.29) is 10.6 Å². The van der Waals surface area contributed by atoms with E-state index < -0.39 is 19.1 Å². The van der Waals surface area contributed by atoms with Gasteiger partial charge in [0.25, 0.3) is 9.05 Å². The summed E-state index contributed by atoms with van der Waals surface area (Å²) in [6.07, 6.45) is 1.96. The second kappa shape index (κ2) is 7.40. The number of halogens is 1. The highest BCUT2D eigenvalue weighted by molar-refractivity contribution is 8.13. The molecule has 5 nitrogen and oxygen atoms in total. The summed E-state index contributed by atoms with van der Waals surface area (Å²) in [4.78, 5) is 0.0337. The lowest BCUT2D eigenvalue weighted by Gasteiger charge is -2.06. The molecule has 0 unspecified atom stereocenters. The van der Waals surface area contributed by atoms with Gasteiger partial charge in [-0.1, -0.05) is 25.5 Å². The summed E-state index contributed by atoms with van der Waals surface area (Å²) < 4.78 is 47.8. The van der Waals surface area contributed by atoms with Crippen molar-refractivity contribution in [3.63, 3.8) is 0 Å². The monoisotopic (exact) mass is 339 g/mol. The molecule has 20 heavy (non-hydrogen) atoms. The lowest BCUT2D eigenvalue weighted by molar-refractivity contribution is 0.578. The van der Waals surface area contributed by atoms with Gasteiger partial charge in [0.2, 0.25) is 10.0 Å². The molecule has 1 rings (SSSR count). The van der Waals surface area contributed by atoms with E-state index in [9.17, 15) is 16.8 Å². The molecular weight excluding hydrogens is 322 g/mol. The SMILES string of the molecule is CCCCS(=O)(=O)NCCc1ccc(S(=O)(=O)Cl)cc1. The highest BCUT2D eigenvalue weighted by atomic mass is 35.7. The zero-order chi connectivity index (χ0) is 15.2. The number of benzene rings is 1. The Kier molecular flexibility index (Phi) is 6.44. The van der Waals surface area contributed by atoms with E-state index in [0.717, 1.165) is 12.0 Å². The van der Waals surface area contributed by atoms with Crippen molar-refractivity contribution in [1.29, 1.82) is 0 Å². The van der Waals surface area contributed by atoms with Gasteiger partial charge >= 0.3 is 0 Å². The molecule has 0 aliphatic carbocycles. The van der Waals surface area contributed by atoms with Gasteiger partial charge in [0.15, 0.2) is 0 Å². The van der Waals surface area contributed by atoms with Crippen molar-refractivity contribution in [3.05, 3.63) is 29.8 Å². The fraction of sp³-hybridized carbons (Fsp3) is 0.500. The van der Waals surface area contributed by atoms with Crippen LogP contribution in [0, 0.1) is 0 Å². The molecule has 1 aromatic carbocycles. The van der Waals surface area contributed by atoms with E-state index in [1.807, 2.05) is 6.92 Å². The van der Waals surface area contributed by atoms with Crippen LogP contribution in [0.1, 0.15) is 25.3 Å². The van der Waals surface area contributed by atoms with Crippen LogP contribution in [-0.2, 0) is 25.5 Å². The number of sulfonamides is 1. The predicted molar refractivity (Wildman–Crippen MR) is 79.9 cm³/mol. The largest absolute Gasteiger partial charge is 0.261 e. The molecule has 1 aromatic rings. The second-order valence-electron chi connectivity index (χ2n) is 4.40. The van der Waals surface area contributed by atoms with Crippen LogP contribution in [0.4, 0.5) is 0 Å². The quantitative estimate of drug-likeness (QED) is 0.733. The Morgan fingerprint density at radius 2 is 1.70 bits per heavy atom. The standard InChI is InChI=1S/C12H18ClNO4S2/c1-2-3-10-19(15,16)14-9-8-11-4-6-12(7-5-11)20(13,17)18/h4-7,14H,2-3,8-10H2,1H3. The lowest BCUT2D eigenvalue weighted by Crippen LogP contribution is -2.28. The van der Waals surface area contributed by atoms with E-state index >= 15 is 0 Å². The molecular formula is C12H18ClNO4S2. The summed E-state index contributed by atoms with van der Waals surface area (Å²) in [5.74, 6) is 0.132.